The molecule has 2 aliphatic rings. The van der Waals surface area contributed by atoms with E-state index < -0.39 is 0 Å². The van der Waals surface area contributed by atoms with E-state index in [0.717, 1.165) is 31.9 Å². The van der Waals surface area contributed by atoms with Crippen molar-refractivity contribution >= 4 is 0 Å². The van der Waals surface area contributed by atoms with E-state index in [-0.39, 0.29) is 5.41 Å². The van der Waals surface area contributed by atoms with Crippen molar-refractivity contribution in [1.82, 2.24) is 5.32 Å². The Morgan fingerprint density at radius 2 is 2.17 bits per heavy atom. The van der Waals surface area contributed by atoms with Gasteiger partial charge in [0.1, 0.15) is 5.75 Å². The van der Waals surface area contributed by atoms with E-state index in [2.05, 4.69) is 23.5 Å². The Balaban J connectivity index is 1.57. The van der Waals surface area contributed by atoms with E-state index >= 15 is 0 Å². The minimum Gasteiger partial charge on any atom is -0.493 e. The minimum atomic E-state index is 0.199. The van der Waals surface area contributed by atoms with Crippen LogP contribution in [0.4, 0.5) is 0 Å². The summed E-state index contributed by atoms with van der Waals surface area (Å²) in [6, 6.07) is 8.33. The molecule has 1 saturated carbocycles. The van der Waals surface area contributed by atoms with Gasteiger partial charge in [-0.3, -0.25) is 0 Å². The predicted molar refractivity (Wildman–Crippen MR) is 70.9 cm³/mol. The lowest BCUT2D eigenvalue weighted by Gasteiger charge is -2.26. The number of nitrogens with one attached hydrogen (secondary N) is 1. The van der Waals surface area contributed by atoms with Crippen LogP contribution in [0.1, 0.15) is 30.7 Å². The third kappa shape index (κ3) is 2.38. The van der Waals surface area contributed by atoms with Crippen molar-refractivity contribution in [1.29, 1.82) is 0 Å². The second-order valence-electron chi connectivity index (χ2n) is 5.66. The number of benzene rings is 1. The Labute approximate surface area is 108 Å². The Morgan fingerprint density at radius 3 is 2.94 bits per heavy atom. The number of ether oxygens (including phenoxy) is 1. The van der Waals surface area contributed by atoms with E-state index in [1.54, 1.807) is 0 Å². The lowest BCUT2D eigenvalue weighted by Crippen LogP contribution is -2.31. The van der Waals surface area contributed by atoms with Gasteiger partial charge in [0.2, 0.25) is 0 Å². The number of rotatable bonds is 5. The monoisotopic (exact) mass is 247 g/mol. The fourth-order valence-electron chi connectivity index (χ4n) is 2.71. The Hall–Kier alpha value is -1.06. The molecule has 1 unspecified atom stereocenters. The summed E-state index contributed by atoms with van der Waals surface area (Å²) in [7, 11) is 0. The first-order chi connectivity index (χ1) is 8.83. The fraction of sp³-hybridized carbons (Fsp3) is 0.600. The van der Waals surface area contributed by atoms with E-state index in [1.807, 2.05) is 6.07 Å². The maximum Gasteiger partial charge on any atom is 0.122 e. The van der Waals surface area contributed by atoms with Crippen LogP contribution in [0.3, 0.4) is 0 Å². The molecule has 0 bridgehead atoms. The molecule has 1 atom stereocenters. The zero-order valence-electron chi connectivity index (χ0n) is 10.7. The summed E-state index contributed by atoms with van der Waals surface area (Å²) in [5.74, 6) is 1.59. The SMILES string of the molecule is OCC1(CNCC2CCOc3ccccc32)CC1. The lowest BCUT2D eigenvalue weighted by molar-refractivity contribution is 0.205. The van der Waals surface area contributed by atoms with Gasteiger partial charge in [0.15, 0.2) is 0 Å². The molecule has 3 nitrogen and oxygen atoms in total. The molecule has 0 radical (unpaired) electrons. The highest BCUT2D eigenvalue weighted by atomic mass is 16.5. The molecule has 2 N–H and O–H groups in total. The van der Waals surface area contributed by atoms with Gasteiger partial charge in [-0.2, -0.15) is 0 Å². The van der Waals surface area contributed by atoms with Crippen LogP contribution >= 0.6 is 0 Å². The second kappa shape index (κ2) is 4.90. The van der Waals surface area contributed by atoms with Gasteiger partial charge >= 0.3 is 0 Å². The largest absolute Gasteiger partial charge is 0.493 e. The average molecular weight is 247 g/mol. The summed E-state index contributed by atoms with van der Waals surface area (Å²) in [6.07, 6.45) is 3.41. The molecule has 0 saturated heterocycles. The molecule has 1 aliphatic carbocycles. The lowest BCUT2D eigenvalue weighted by atomic mass is 9.93. The third-order valence-electron chi connectivity index (χ3n) is 4.27. The summed E-state index contributed by atoms with van der Waals surface area (Å²) in [5, 5.41) is 12.8. The number of hydrogen-bond acceptors (Lipinski definition) is 3. The zero-order chi connectivity index (χ0) is 12.4. The summed E-state index contributed by atoms with van der Waals surface area (Å²) in [5.41, 5.74) is 1.52. The Morgan fingerprint density at radius 1 is 1.33 bits per heavy atom. The molecule has 0 aromatic heterocycles. The molecule has 1 aromatic carbocycles. The predicted octanol–water partition coefficient (Wildman–Crippen LogP) is 1.91. The van der Waals surface area contributed by atoms with E-state index in [9.17, 15) is 5.11 Å². The van der Waals surface area contributed by atoms with Crippen molar-refractivity contribution in [2.24, 2.45) is 5.41 Å². The molecule has 1 fully saturated rings. The van der Waals surface area contributed by atoms with Crippen LogP contribution in [0.5, 0.6) is 5.75 Å². The molecule has 1 aliphatic heterocycles. The highest BCUT2D eigenvalue weighted by molar-refractivity contribution is 5.37. The van der Waals surface area contributed by atoms with Crippen LogP contribution in [-0.2, 0) is 0 Å². The molecule has 3 rings (SSSR count). The highest BCUT2D eigenvalue weighted by Gasteiger charge is 2.41. The minimum absolute atomic E-state index is 0.199. The molecule has 18 heavy (non-hydrogen) atoms. The molecule has 98 valence electrons. The van der Waals surface area contributed by atoms with Crippen molar-refractivity contribution in [3.05, 3.63) is 29.8 Å². The number of aliphatic hydroxyl groups excluding tert-OH is 1. The quantitative estimate of drug-likeness (QED) is 0.835. The van der Waals surface area contributed by atoms with Gasteiger partial charge < -0.3 is 15.2 Å². The van der Waals surface area contributed by atoms with Crippen LogP contribution in [0.25, 0.3) is 0 Å². The smallest absolute Gasteiger partial charge is 0.122 e. The van der Waals surface area contributed by atoms with E-state index in [0.29, 0.717) is 12.5 Å². The fourth-order valence-corrected chi connectivity index (χ4v) is 2.71. The van der Waals surface area contributed by atoms with Crippen LogP contribution in [0, 0.1) is 5.41 Å². The normalized spacial score (nSPS) is 24.2. The van der Waals surface area contributed by atoms with Crippen LogP contribution in [0.2, 0.25) is 0 Å². The van der Waals surface area contributed by atoms with E-state index in [4.69, 9.17) is 4.74 Å². The Kier molecular flexibility index (Phi) is 3.27. The van der Waals surface area contributed by atoms with Gasteiger partial charge in [-0.05, 0) is 30.9 Å². The van der Waals surface area contributed by atoms with Gasteiger partial charge in [0, 0.05) is 31.0 Å². The Bertz CT molecular complexity index is 415. The molecule has 0 spiro atoms. The molecule has 1 heterocycles. The first-order valence-corrected chi connectivity index (χ1v) is 6.86. The molecule has 1 aromatic rings. The molecular weight excluding hydrogens is 226 g/mol. The van der Waals surface area contributed by atoms with E-state index in [1.165, 1.54) is 18.4 Å². The summed E-state index contributed by atoms with van der Waals surface area (Å²) in [4.78, 5) is 0. The topological polar surface area (TPSA) is 41.5 Å². The zero-order valence-corrected chi connectivity index (χ0v) is 10.7. The molecule has 0 amide bonds. The molecule has 3 heteroatoms. The number of para-hydroxylation sites is 1. The number of hydrogen-bond donors (Lipinski definition) is 2. The first kappa shape index (κ1) is 12.0. The van der Waals surface area contributed by atoms with Crippen LogP contribution in [0.15, 0.2) is 24.3 Å². The van der Waals surface area contributed by atoms with Gasteiger partial charge in [-0.15, -0.1) is 0 Å². The van der Waals surface area contributed by atoms with Crippen molar-refractivity contribution < 1.29 is 9.84 Å². The van der Waals surface area contributed by atoms with Crippen molar-refractivity contribution in [3.63, 3.8) is 0 Å². The van der Waals surface area contributed by atoms with Crippen molar-refractivity contribution in [2.75, 3.05) is 26.3 Å². The van der Waals surface area contributed by atoms with Crippen molar-refractivity contribution in [3.8, 4) is 5.75 Å². The van der Waals surface area contributed by atoms with Gasteiger partial charge in [-0.25, -0.2) is 0 Å². The second-order valence-corrected chi connectivity index (χ2v) is 5.66. The molecular formula is C15H21NO2. The van der Waals surface area contributed by atoms with Gasteiger partial charge in [0.05, 0.1) is 6.61 Å². The summed E-state index contributed by atoms with van der Waals surface area (Å²) in [6.45, 7) is 3.07. The van der Waals surface area contributed by atoms with Gasteiger partial charge in [-0.1, -0.05) is 18.2 Å². The first-order valence-electron chi connectivity index (χ1n) is 6.86. The summed E-state index contributed by atoms with van der Waals surface area (Å²) >= 11 is 0. The average Bonchev–Trinajstić information content (AvgIpc) is 3.20. The van der Waals surface area contributed by atoms with Gasteiger partial charge in [0.25, 0.3) is 0 Å². The maximum atomic E-state index is 9.29. The third-order valence-corrected chi connectivity index (χ3v) is 4.27. The maximum absolute atomic E-state index is 9.29. The standard InChI is InChI=1S/C15H21NO2/c17-11-15(6-7-15)10-16-9-12-5-8-18-14-4-2-1-3-13(12)14/h1-4,12,16-17H,5-11H2. The van der Waals surface area contributed by atoms with Crippen LogP contribution < -0.4 is 10.1 Å². The van der Waals surface area contributed by atoms with Crippen LogP contribution in [-0.4, -0.2) is 31.4 Å². The summed E-state index contributed by atoms with van der Waals surface area (Å²) < 4.78 is 5.67. The number of fused-ring (bicyclic) bond motifs is 1. The number of aliphatic hydroxyl groups is 1. The van der Waals surface area contributed by atoms with Crippen molar-refractivity contribution in [2.45, 2.75) is 25.2 Å². The highest BCUT2D eigenvalue weighted by Crippen LogP contribution is 2.44.